The number of rotatable bonds is 5. The number of carboxylic acids is 1. The summed E-state index contributed by atoms with van der Waals surface area (Å²) in [6.07, 6.45) is 0.667. The predicted octanol–water partition coefficient (Wildman–Crippen LogP) is 3.71. The number of aryl methyl sites for hydroxylation is 2. The summed E-state index contributed by atoms with van der Waals surface area (Å²) in [5.41, 5.74) is 1.92. The molecule has 2 rings (SSSR count). The summed E-state index contributed by atoms with van der Waals surface area (Å²) < 4.78 is 27.7. The van der Waals surface area contributed by atoms with Gasteiger partial charge in [0, 0.05) is 0 Å². The smallest absolute Gasteiger partial charge is 0.337 e. The van der Waals surface area contributed by atoms with E-state index in [1.807, 2.05) is 32.0 Å². The van der Waals surface area contributed by atoms with Crippen molar-refractivity contribution in [2.45, 2.75) is 25.2 Å². The van der Waals surface area contributed by atoms with Gasteiger partial charge < -0.3 is 5.11 Å². The lowest BCUT2D eigenvalue weighted by atomic mass is 10.1. The summed E-state index contributed by atoms with van der Waals surface area (Å²) in [7, 11) is -3.91. The van der Waals surface area contributed by atoms with E-state index in [1.165, 1.54) is 12.1 Å². The van der Waals surface area contributed by atoms with Crippen molar-refractivity contribution in [2.24, 2.45) is 0 Å². The Morgan fingerprint density at radius 3 is 2.57 bits per heavy atom. The van der Waals surface area contributed by atoms with Crippen LogP contribution in [0.5, 0.6) is 0 Å². The molecular formula is C16H16ClNO4S. The number of sulfonamides is 1. The van der Waals surface area contributed by atoms with Crippen molar-refractivity contribution in [1.29, 1.82) is 0 Å². The van der Waals surface area contributed by atoms with Crippen molar-refractivity contribution in [3.05, 3.63) is 58.1 Å². The minimum absolute atomic E-state index is 0.0124. The maximum atomic E-state index is 12.6. The molecule has 0 saturated heterocycles. The average molecular weight is 354 g/mol. The molecule has 0 unspecified atom stereocenters. The highest BCUT2D eigenvalue weighted by molar-refractivity contribution is 7.92. The average Bonchev–Trinajstić information content (AvgIpc) is 2.49. The van der Waals surface area contributed by atoms with Crippen molar-refractivity contribution in [2.75, 3.05) is 4.72 Å². The van der Waals surface area contributed by atoms with Gasteiger partial charge in [0.15, 0.2) is 0 Å². The molecule has 5 nitrogen and oxygen atoms in total. The molecule has 0 saturated carbocycles. The third-order valence-corrected chi connectivity index (χ3v) is 5.13. The molecule has 0 aromatic heterocycles. The van der Waals surface area contributed by atoms with Crippen LogP contribution in [0.1, 0.15) is 28.4 Å². The fourth-order valence-corrected chi connectivity index (χ4v) is 3.60. The van der Waals surface area contributed by atoms with Gasteiger partial charge in [-0.1, -0.05) is 36.7 Å². The molecule has 0 bridgehead atoms. The summed E-state index contributed by atoms with van der Waals surface area (Å²) in [6, 6.07) is 9.10. The molecule has 0 aliphatic carbocycles. The molecule has 0 atom stereocenters. The van der Waals surface area contributed by atoms with Gasteiger partial charge in [-0.3, -0.25) is 4.72 Å². The fourth-order valence-electron chi connectivity index (χ4n) is 2.20. The Balaban J connectivity index is 2.49. The highest BCUT2D eigenvalue weighted by Gasteiger charge is 2.20. The summed E-state index contributed by atoms with van der Waals surface area (Å²) in [5.74, 6) is -1.28. The van der Waals surface area contributed by atoms with Crippen LogP contribution in [0.3, 0.4) is 0 Å². The lowest BCUT2D eigenvalue weighted by molar-refractivity contribution is 0.0697. The Morgan fingerprint density at radius 2 is 1.96 bits per heavy atom. The summed E-state index contributed by atoms with van der Waals surface area (Å²) in [6.45, 7) is 3.74. The van der Waals surface area contributed by atoms with E-state index >= 15 is 0 Å². The largest absolute Gasteiger partial charge is 0.478 e. The van der Waals surface area contributed by atoms with Crippen molar-refractivity contribution in [3.8, 4) is 0 Å². The molecule has 2 aromatic carbocycles. The SMILES string of the molecule is CCc1cccc(C)c1NS(=O)(=O)c1ccc(Cl)c(C(=O)O)c1. The van der Waals surface area contributed by atoms with Crippen LogP contribution in [0.2, 0.25) is 5.02 Å². The quantitative estimate of drug-likeness (QED) is 0.858. The zero-order valence-electron chi connectivity index (χ0n) is 12.6. The van der Waals surface area contributed by atoms with E-state index in [9.17, 15) is 13.2 Å². The molecule has 0 aliphatic heterocycles. The van der Waals surface area contributed by atoms with Gasteiger partial charge in [0.25, 0.3) is 10.0 Å². The maximum absolute atomic E-state index is 12.6. The van der Waals surface area contributed by atoms with Gasteiger partial charge >= 0.3 is 5.97 Å². The van der Waals surface area contributed by atoms with E-state index in [1.54, 1.807) is 0 Å². The summed E-state index contributed by atoms with van der Waals surface area (Å²) >= 11 is 5.78. The van der Waals surface area contributed by atoms with Gasteiger partial charge in [0.05, 0.1) is 21.2 Å². The van der Waals surface area contributed by atoms with Crippen molar-refractivity contribution in [3.63, 3.8) is 0 Å². The lowest BCUT2D eigenvalue weighted by Gasteiger charge is -2.15. The normalized spacial score (nSPS) is 11.3. The zero-order chi connectivity index (χ0) is 17.2. The molecule has 0 amide bonds. The predicted molar refractivity (Wildman–Crippen MR) is 89.8 cm³/mol. The van der Waals surface area contributed by atoms with Crippen molar-refractivity contribution >= 4 is 33.3 Å². The van der Waals surface area contributed by atoms with Crippen LogP contribution in [-0.4, -0.2) is 19.5 Å². The number of para-hydroxylation sites is 1. The minimum atomic E-state index is -3.91. The van der Waals surface area contributed by atoms with Crippen LogP contribution < -0.4 is 4.72 Å². The first-order valence-corrected chi connectivity index (χ1v) is 8.76. The molecule has 2 aromatic rings. The van der Waals surface area contributed by atoms with E-state index in [2.05, 4.69) is 4.72 Å². The number of hydrogen-bond acceptors (Lipinski definition) is 3. The van der Waals surface area contributed by atoms with Crippen molar-refractivity contribution in [1.82, 2.24) is 0 Å². The standard InChI is InChI=1S/C16H16ClNO4S/c1-3-11-6-4-5-10(2)15(11)18-23(21,22)12-7-8-14(17)13(9-12)16(19)20/h4-9,18H,3H2,1-2H3,(H,19,20). The van der Waals surface area contributed by atoms with Gasteiger partial charge in [-0.15, -0.1) is 0 Å². The molecule has 23 heavy (non-hydrogen) atoms. The molecule has 2 N–H and O–H groups in total. The number of hydrogen-bond donors (Lipinski definition) is 2. The first kappa shape index (κ1) is 17.3. The van der Waals surface area contributed by atoms with E-state index in [0.717, 1.165) is 17.2 Å². The Kier molecular flexibility index (Phi) is 4.97. The topological polar surface area (TPSA) is 83.5 Å². The number of carboxylic acid groups (broad SMARTS) is 1. The second-order valence-corrected chi connectivity index (χ2v) is 7.10. The molecular weight excluding hydrogens is 338 g/mol. The minimum Gasteiger partial charge on any atom is -0.478 e. The number of halogens is 1. The fraction of sp³-hybridized carbons (Fsp3) is 0.188. The Bertz CT molecular complexity index is 862. The number of anilines is 1. The van der Waals surface area contributed by atoms with Crippen LogP contribution in [0, 0.1) is 6.92 Å². The molecule has 0 heterocycles. The Labute approximate surface area is 140 Å². The Hall–Kier alpha value is -2.05. The Morgan fingerprint density at radius 1 is 1.26 bits per heavy atom. The first-order chi connectivity index (χ1) is 10.8. The molecule has 7 heteroatoms. The van der Waals surface area contributed by atoms with E-state index in [0.29, 0.717) is 12.1 Å². The van der Waals surface area contributed by atoms with E-state index in [4.69, 9.17) is 16.7 Å². The molecule has 122 valence electrons. The summed E-state index contributed by atoms with van der Waals surface area (Å²) in [4.78, 5) is 11.0. The van der Waals surface area contributed by atoms with Gasteiger partial charge in [-0.05, 0) is 42.7 Å². The first-order valence-electron chi connectivity index (χ1n) is 6.90. The third-order valence-electron chi connectivity index (χ3n) is 3.45. The number of benzene rings is 2. The van der Waals surface area contributed by atoms with Crippen LogP contribution >= 0.6 is 11.6 Å². The number of nitrogens with one attached hydrogen (secondary N) is 1. The van der Waals surface area contributed by atoms with Gasteiger partial charge in [0.1, 0.15) is 0 Å². The van der Waals surface area contributed by atoms with E-state index < -0.39 is 16.0 Å². The summed E-state index contributed by atoms with van der Waals surface area (Å²) in [5, 5.41) is 9.06. The molecule has 0 radical (unpaired) electrons. The van der Waals surface area contributed by atoms with Gasteiger partial charge in [-0.2, -0.15) is 0 Å². The lowest BCUT2D eigenvalue weighted by Crippen LogP contribution is -2.16. The molecule has 0 spiro atoms. The second kappa shape index (κ2) is 6.60. The van der Waals surface area contributed by atoms with Crippen LogP contribution in [0.4, 0.5) is 5.69 Å². The highest BCUT2D eigenvalue weighted by atomic mass is 35.5. The van der Waals surface area contributed by atoms with Gasteiger partial charge in [-0.25, -0.2) is 13.2 Å². The third kappa shape index (κ3) is 3.65. The number of aromatic carboxylic acids is 1. The van der Waals surface area contributed by atoms with Gasteiger partial charge in [0.2, 0.25) is 0 Å². The molecule has 0 fully saturated rings. The highest BCUT2D eigenvalue weighted by Crippen LogP contribution is 2.26. The molecule has 0 aliphatic rings. The number of carbonyl (C=O) groups is 1. The van der Waals surface area contributed by atoms with E-state index in [-0.39, 0.29) is 15.5 Å². The second-order valence-electron chi connectivity index (χ2n) is 5.01. The van der Waals surface area contributed by atoms with Crippen LogP contribution in [0.15, 0.2) is 41.3 Å². The maximum Gasteiger partial charge on any atom is 0.337 e. The van der Waals surface area contributed by atoms with Crippen LogP contribution in [-0.2, 0) is 16.4 Å². The monoisotopic (exact) mass is 353 g/mol. The zero-order valence-corrected chi connectivity index (χ0v) is 14.2. The van der Waals surface area contributed by atoms with Crippen molar-refractivity contribution < 1.29 is 18.3 Å². The van der Waals surface area contributed by atoms with Crippen LogP contribution in [0.25, 0.3) is 0 Å².